The van der Waals surface area contributed by atoms with Crippen molar-refractivity contribution in [3.63, 3.8) is 0 Å². The third-order valence-electron chi connectivity index (χ3n) is 1.91. The Morgan fingerprint density at radius 2 is 2.00 bits per heavy atom. The van der Waals surface area contributed by atoms with Crippen LogP contribution in [0, 0.1) is 11.8 Å². The van der Waals surface area contributed by atoms with Gasteiger partial charge in [-0.25, -0.2) is 0 Å². The number of allylic oxidation sites excluding steroid dienone is 1. The Balaban J connectivity index is 2.31. The highest BCUT2D eigenvalue weighted by atomic mass is 16.3. The van der Waals surface area contributed by atoms with E-state index in [-0.39, 0.29) is 0 Å². The summed E-state index contributed by atoms with van der Waals surface area (Å²) >= 11 is 0. The summed E-state index contributed by atoms with van der Waals surface area (Å²) in [4.78, 5) is 0. The average Bonchev–Trinajstić information content (AvgIpc) is 2.21. The zero-order chi connectivity index (χ0) is 10.2. The largest absolute Gasteiger partial charge is 0.508 e. The molecule has 0 heterocycles. The summed E-state index contributed by atoms with van der Waals surface area (Å²) in [6, 6.07) is 7.31. The molecule has 1 aromatic carbocycles. The number of phenolic OH excluding ortho intramolecular Hbond substituents is 1. The van der Waals surface area contributed by atoms with E-state index < -0.39 is 0 Å². The van der Waals surface area contributed by atoms with E-state index in [1.54, 1.807) is 18.2 Å². The van der Waals surface area contributed by atoms with Crippen LogP contribution >= 0.6 is 0 Å². The Labute approximate surface area is 85.1 Å². The van der Waals surface area contributed by atoms with Gasteiger partial charge >= 0.3 is 0 Å². The predicted octanol–water partition coefficient (Wildman–Crippen LogP) is 2.90. The maximum atomic E-state index is 9.06. The standard InChI is InChI=1S/C13H14O/c1-2-3-4-5-6-7-12-8-10-13(14)11-9-12/h2,8-11,14H,1,5-7H2. The van der Waals surface area contributed by atoms with Gasteiger partial charge < -0.3 is 5.11 Å². The van der Waals surface area contributed by atoms with Gasteiger partial charge in [-0.1, -0.05) is 30.6 Å². The van der Waals surface area contributed by atoms with E-state index in [4.69, 9.17) is 5.11 Å². The molecule has 0 spiro atoms. The summed E-state index contributed by atoms with van der Waals surface area (Å²) in [6.07, 6.45) is 4.56. The van der Waals surface area contributed by atoms with E-state index in [0.29, 0.717) is 5.75 Å². The van der Waals surface area contributed by atoms with E-state index in [1.165, 1.54) is 5.56 Å². The van der Waals surface area contributed by atoms with E-state index in [1.807, 2.05) is 12.1 Å². The summed E-state index contributed by atoms with van der Waals surface area (Å²) in [5, 5.41) is 9.06. The number of phenols is 1. The van der Waals surface area contributed by atoms with Gasteiger partial charge in [0.15, 0.2) is 0 Å². The number of benzene rings is 1. The second-order valence-electron chi connectivity index (χ2n) is 3.05. The van der Waals surface area contributed by atoms with Gasteiger partial charge in [0.2, 0.25) is 0 Å². The summed E-state index contributed by atoms with van der Waals surface area (Å²) in [5.41, 5.74) is 1.24. The first kappa shape index (κ1) is 10.4. The molecular weight excluding hydrogens is 172 g/mol. The van der Waals surface area contributed by atoms with Gasteiger partial charge in [0.25, 0.3) is 0 Å². The molecule has 1 N–H and O–H groups in total. The molecule has 1 heteroatoms. The minimum Gasteiger partial charge on any atom is -0.508 e. The Morgan fingerprint density at radius 1 is 1.29 bits per heavy atom. The van der Waals surface area contributed by atoms with Crippen molar-refractivity contribution in [2.45, 2.75) is 19.3 Å². The monoisotopic (exact) mass is 186 g/mol. The first-order valence-corrected chi connectivity index (χ1v) is 4.70. The van der Waals surface area contributed by atoms with E-state index in [9.17, 15) is 0 Å². The van der Waals surface area contributed by atoms with Gasteiger partial charge in [0.05, 0.1) is 0 Å². The molecule has 0 radical (unpaired) electrons. The Kier molecular flexibility index (Phi) is 4.37. The first-order valence-electron chi connectivity index (χ1n) is 4.70. The van der Waals surface area contributed by atoms with Gasteiger partial charge in [-0.15, -0.1) is 0 Å². The van der Waals surface area contributed by atoms with Crippen molar-refractivity contribution in [2.75, 3.05) is 0 Å². The van der Waals surface area contributed by atoms with E-state index >= 15 is 0 Å². The number of aromatic hydroxyl groups is 1. The van der Waals surface area contributed by atoms with Gasteiger partial charge in [0.1, 0.15) is 5.75 Å². The lowest BCUT2D eigenvalue weighted by Gasteiger charge is -1.98. The molecule has 0 amide bonds. The molecule has 0 aliphatic carbocycles. The van der Waals surface area contributed by atoms with Crippen molar-refractivity contribution >= 4 is 0 Å². The Bertz CT molecular complexity index is 338. The van der Waals surface area contributed by atoms with Crippen molar-refractivity contribution in [1.82, 2.24) is 0 Å². The molecule has 0 aliphatic heterocycles. The van der Waals surface area contributed by atoms with Gasteiger partial charge in [0, 0.05) is 6.42 Å². The summed E-state index contributed by atoms with van der Waals surface area (Å²) < 4.78 is 0. The minimum absolute atomic E-state index is 0.320. The van der Waals surface area contributed by atoms with E-state index in [2.05, 4.69) is 18.4 Å². The molecule has 1 aromatic rings. The normalized spacial score (nSPS) is 8.86. The highest BCUT2D eigenvalue weighted by Gasteiger charge is 1.92. The highest BCUT2D eigenvalue weighted by molar-refractivity contribution is 5.26. The number of hydrogen-bond acceptors (Lipinski definition) is 1. The van der Waals surface area contributed by atoms with Gasteiger partial charge in [-0.3, -0.25) is 0 Å². The lowest BCUT2D eigenvalue weighted by molar-refractivity contribution is 0.475. The smallest absolute Gasteiger partial charge is 0.115 e. The van der Waals surface area contributed by atoms with Crippen molar-refractivity contribution in [2.24, 2.45) is 0 Å². The first-order chi connectivity index (χ1) is 6.83. The number of rotatable bonds is 3. The quantitative estimate of drug-likeness (QED) is 0.568. The van der Waals surface area contributed by atoms with Crippen LogP contribution in [0.5, 0.6) is 5.75 Å². The second-order valence-corrected chi connectivity index (χ2v) is 3.05. The number of aryl methyl sites for hydroxylation is 1. The minimum atomic E-state index is 0.320. The lowest BCUT2D eigenvalue weighted by Crippen LogP contribution is -1.83. The molecule has 0 bridgehead atoms. The molecule has 0 fully saturated rings. The predicted molar refractivity (Wildman–Crippen MR) is 59.0 cm³/mol. The van der Waals surface area contributed by atoms with Crippen LogP contribution in [-0.2, 0) is 6.42 Å². The summed E-state index contributed by atoms with van der Waals surface area (Å²) in [7, 11) is 0. The molecule has 0 saturated carbocycles. The Hall–Kier alpha value is -1.68. The molecule has 1 rings (SSSR count). The maximum Gasteiger partial charge on any atom is 0.115 e. The number of hydrogen-bond donors (Lipinski definition) is 1. The summed E-state index contributed by atoms with van der Waals surface area (Å²) in [5.74, 6) is 6.14. The summed E-state index contributed by atoms with van der Waals surface area (Å²) in [6.45, 7) is 3.52. The third kappa shape index (κ3) is 3.82. The van der Waals surface area contributed by atoms with Crippen LogP contribution in [0.1, 0.15) is 18.4 Å². The van der Waals surface area contributed by atoms with Crippen LogP contribution in [0.3, 0.4) is 0 Å². The zero-order valence-corrected chi connectivity index (χ0v) is 8.16. The molecule has 1 nitrogen and oxygen atoms in total. The van der Waals surface area contributed by atoms with Gasteiger partial charge in [-0.2, -0.15) is 0 Å². The number of unbranched alkanes of at least 4 members (excludes halogenated alkanes) is 1. The lowest BCUT2D eigenvalue weighted by atomic mass is 10.1. The zero-order valence-electron chi connectivity index (χ0n) is 8.16. The van der Waals surface area contributed by atoms with Crippen molar-refractivity contribution in [3.05, 3.63) is 42.5 Å². The fourth-order valence-corrected chi connectivity index (χ4v) is 1.19. The van der Waals surface area contributed by atoms with Crippen LogP contribution in [0.4, 0.5) is 0 Å². The fourth-order valence-electron chi connectivity index (χ4n) is 1.19. The van der Waals surface area contributed by atoms with E-state index in [0.717, 1.165) is 19.3 Å². The topological polar surface area (TPSA) is 20.2 Å². The Morgan fingerprint density at radius 3 is 2.64 bits per heavy atom. The SMILES string of the molecule is C=CC#CCCCc1ccc(O)cc1. The average molecular weight is 186 g/mol. The van der Waals surface area contributed by atoms with Crippen LogP contribution in [0.15, 0.2) is 36.9 Å². The molecule has 0 atom stereocenters. The molecule has 72 valence electrons. The third-order valence-corrected chi connectivity index (χ3v) is 1.91. The van der Waals surface area contributed by atoms with Gasteiger partial charge in [-0.05, 0) is 36.6 Å². The van der Waals surface area contributed by atoms with Crippen LogP contribution in [0.2, 0.25) is 0 Å². The fraction of sp³-hybridized carbons (Fsp3) is 0.231. The molecule has 0 saturated heterocycles. The second kappa shape index (κ2) is 5.88. The maximum absolute atomic E-state index is 9.06. The molecule has 0 aromatic heterocycles. The van der Waals surface area contributed by atoms with Crippen LogP contribution < -0.4 is 0 Å². The molecule has 14 heavy (non-hydrogen) atoms. The van der Waals surface area contributed by atoms with Crippen LogP contribution in [-0.4, -0.2) is 5.11 Å². The molecular formula is C13H14O. The molecule has 0 unspecified atom stereocenters. The van der Waals surface area contributed by atoms with Crippen molar-refractivity contribution in [1.29, 1.82) is 0 Å². The molecule has 0 aliphatic rings. The van der Waals surface area contributed by atoms with Crippen LogP contribution in [0.25, 0.3) is 0 Å². The van der Waals surface area contributed by atoms with Crippen molar-refractivity contribution in [3.8, 4) is 17.6 Å². The highest BCUT2D eigenvalue weighted by Crippen LogP contribution is 2.11. The van der Waals surface area contributed by atoms with Crippen molar-refractivity contribution < 1.29 is 5.11 Å².